The molecule has 1 fully saturated rings. The quantitative estimate of drug-likeness (QED) is 0.414. The van der Waals surface area contributed by atoms with Gasteiger partial charge >= 0.3 is 7.82 Å². The van der Waals surface area contributed by atoms with Gasteiger partial charge in [-0.15, -0.1) is 0 Å². The van der Waals surface area contributed by atoms with E-state index in [-0.39, 0.29) is 23.1 Å². The molecule has 10 heteroatoms. The molecule has 1 saturated heterocycles. The highest BCUT2D eigenvalue weighted by Crippen LogP contribution is 2.56. The van der Waals surface area contributed by atoms with Crippen LogP contribution in [0.15, 0.2) is 42.5 Å². The Balaban J connectivity index is 1.75. The van der Waals surface area contributed by atoms with E-state index in [0.717, 1.165) is 0 Å². The van der Waals surface area contributed by atoms with Crippen LogP contribution < -0.4 is 4.52 Å². The van der Waals surface area contributed by atoms with E-state index in [1.54, 1.807) is 0 Å². The summed E-state index contributed by atoms with van der Waals surface area (Å²) in [5.74, 6) is -0.463. The zero-order chi connectivity index (χ0) is 18.0. The van der Waals surface area contributed by atoms with Crippen molar-refractivity contribution < 1.29 is 27.5 Å². The van der Waals surface area contributed by atoms with Gasteiger partial charge in [-0.2, -0.15) is 0 Å². The van der Waals surface area contributed by atoms with Gasteiger partial charge in [-0.3, -0.25) is 19.2 Å². The van der Waals surface area contributed by atoms with E-state index in [1.165, 1.54) is 42.5 Å². The molecule has 132 valence electrons. The summed E-state index contributed by atoms with van der Waals surface area (Å²) in [4.78, 5) is 10.1. The Labute approximate surface area is 147 Å². The molecule has 0 radical (unpaired) electrons. The number of phosphoric ester groups is 1. The van der Waals surface area contributed by atoms with E-state index >= 15 is 0 Å². The van der Waals surface area contributed by atoms with Gasteiger partial charge in [-0.1, -0.05) is 17.7 Å². The molecule has 1 aliphatic rings. The second-order valence-electron chi connectivity index (χ2n) is 5.18. The first-order valence-corrected chi connectivity index (χ1v) is 9.02. The van der Waals surface area contributed by atoms with E-state index in [1.807, 2.05) is 0 Å². The molecule has 7 nitrogen and oxygen atoms in total. The molecule has 1 aliphatic heterocycles. The summed E-state index contributed by atoms with van der Waals surface area (Å²) >= 11 is 5.76. The fourth-order valence-electron chi connectivity index (χ4n) is 2.26. The molecule has 0 aromatic heterocycles. The third-order valence-corrected chi connectivity index (χ3v) is 5.20. The minimum atomic E-state index is -3.93. The van der Waals surface area contributed by atoms with Gasteiger partial charge in [0.2, 0.25) is 0 Å². The average Bonchev–Trinajstić information content (AvgIpc) is 2.57. The number of nitro groups is 1. The molecule has 25 heavy (non-hydrogen) atoms. The van der Waals surface area contributed by atoms with E-state index in [9.17, 15) is 19.1 Å². The number of non-ortho nitro benzene ring substituents is 1. The highest BCUT2D eigenvalue weighted by atomic mass is 35.5. The molecule has 0 unspecified atom stereocenters. The first-order chi connectivity index (χ1) is 11.9. The molecule has 2 aromatic rings. The average molecular weight is 388 g/mol. The number of hydrogen-bond donors (Lipinski definition) is 0. The van der Waals surface area contributed by atoms with Crippen molar-refractivity contribution in [1.29, 1.82) is 0 Å². The highest BCUT2D eigenvalue weighted by Gasteiger charge is 2.37. The summed E-state index contributed by atoms with van der Waals surface area (Å²) in [6, 6.07) is 9.08. The van der Waals surface area contributed by atoms with Gasteiger partial charge in [0.25, 0.3) is 5.69 Å². The van der Waals surface area contributed by atoms with Gasteiger partial charge < -0.3 is 4.52 Å². The Kier molecular flexibility index (Phi) is 5.06. The summed E-state index contributed by atoms with van der Waals surface area (Å²) in [6.45, 7) is 0.101. The minimum Gasteiger partial charge on any atom is -0.404 e. The number of hydrogen-bond acceptors (Lipinski definition) is 6. The van der Waals surface area contributed by atoms with Crippen LogP contribution in [0.3, 0.4) is 0 Å². The standard InChI is InChI=1S/C15H12ClFNO6P/c16-13-9-10(1-6-14(13)17)15-7-8-22-25(21,24-15)23-12-4-2-11(3-5-12)18(19)20/h1-6,9,15H,7-8H2/t15-,25-/m1/s1. The van der Waals surface area contributed by atoms with Crippen molar-refractivity contribution in [1.82, 2.24) is 0 Å². The van der Waals surface area contributed by atoms with Crippen LogP contribution in [-0.4, -0.2) is 11.5 Å². The number of nitrogens with zero attached hydrogens (tertiary/aromatic N) is 1. The Bertz CT molecular complexity index is 846. The Morgan fingerprint density at radius 2 is 2.00 bits per heavy atom. The third kappa shape index (κ3) is 4.16. The fraction of sp³-hybridized carbons (Fsp3) is 0.200. The second-order valence-corrected chi connectivity index (χ2v) is 7.13. The van der Waals surface area contributed by atoms with Crippen molar-refractivity contribution in [3.05, 3.63) is 69.0 Å². The number of benzene rings is 2. The molecule has 0 spiro atoms. The van der Waals surface area contributed by atoms with Crippen LogP contribution in [-0.2, 0) is 13.6 Å². The normalized spacial score (nSPS) is 23.2. The van der Waals surface area contributed by atoms with Gasteiger partial charge in [0.05, 0.1) is 22.7 Å². The lowest BCUT2D eigenvalue weighted by atomic mass is 10.1. The maximum Gasteiger partial charge on any atom is 0.530 e. The van der Waals surface area contributed by atoms with Crippen LogP contribution in [0, 0.1) is 15.9 Å². The molecular formula is C15H12ClFNO6P. The molecule has 0 amide bonds. The first-order valence-electron chi connectivity index (χ1n) is 7.18. The Hall–Kier alpha value is -1.99. The Morgan fingerprint density at radius 1 is 1.28 bits per heavy atom. The molecule has 1 heterocycles. The summed E-state index contributed by atoms with van der Waals surface area (Å²) in [7, 11) is -3.93. The van der Waals surface area contributed by atoms with Crippen molar-refractivity contribution in [3.63, 3.8) is 0 Å². The van der Waals surface area contributed by atoms with E-state index in [0.29, 0.717) is 12.0 Å². The monoisotopic (exact) mass is 387 g/mol. The van der Waals surface area contributed by atoms with Gasteiger partial charge in [0.15, 0.2) is 0 Å². The lowest BCUT2D eigenvalue weighted by molar-refractivity contribution is -0.384. The van der Waals surface area contributed by atoms with Crippen LogP contribution in [0.5, 0.6) is 5.75 Å². The van der Waals surface area contributed by atoms with E-state index < -0.39 is 24.7 Å². The molecule has 0 saturated carbocycles. The predicted octanol–water partition coefficient (Wildman–Crippen LogP) is 5.05. The lowest BCUT2D eigenvalue weighted by Gasteiger charge is -2.29. The zero-order valence-electron chi connectivity index (χ0n) is 12.6. The second kappa shape index (κ2) is 7.09. The van der Waals surface area contributed by atoms with E-state index in [2.05, 4.69) is 0 Å². The summed E-state index contributed by atoms with van der Waals surface area (Å²) in [6.07, 6.45) is -0.258. The molecule has 3 rings (SSSR count). The van der Waals surface area contributed by atoms with Crippen LogP contribution in [0.1, 0.15) is 18.1 Å². The molecule has 0 aliphatic carbocycles. The van der Waals surface area contributed by atoms with Gasteiger partial charge in [0.1, 0.15) is 11.6 Å². The minimum absolute atomic E-state index is 0.0706. The third-order valence-electron chi connectivity index (χ3n) is 3.47. The zero-order valence-corrected chi connectivity index (χ0v) is 14.3. The maximum atomic E-state index is 13.3. The molecule has 0 bridgehead atoms. The smallest absolute Gasteiger partial charge is 0.404 e. The van der Waals surface area contributed by atoms with E-state index in [4.69, 9.17) is 25.2 Å². The molecule has 0 N–H and O–H groups in total. The van der Waals surface area contributed by atoms with Crippen LogP contribution in [0.25, 0.3) is 0 Å². The fourth-order valence-corrected chi connectivity index (χ4v) is 3.85. The van der Waals surface area contributed by atoms with Crippen LogP contribution in [0.2, 0.25) is 5.02 Å². The van der Waals surface area contributed by atoms with Crippen molar-refractivity contribution >= 4 is 25.1 Å². The van der Waals surface area contributed by atoms with Crippen molar-refractivity contribution in [3.8, 4) is 5.75 Å². The SMILES string of the molecule is O=[N+]([O-])c1ccc(O[P@@]2(=O)OCC[C@H](c3ccc(F)c(Cl)c3)O2)cc1. The predicted molar refractivity (Wildman–Crippen MR) is 87.1 cm³/mol. The van der Waals surface area contributed by atoms with Crippen LogP contribution in [0.4, 0.5) is 10.1 Å². The number of phosphoric acid groups is 1. The van der Waals surface area contributed by atoms with Gasteiger partial charge in [-0.05, 0) is 29.8 Å². The summed E-state index contributed by atoms with van der Waals surface area (Å²) in [5, 5.41) is 10.6. The molecule has 2 aromatic carbocycles. The van der Waals surface area contributed by atoms with Crippen molar-refractivity contribution in [2.24, 2.45) is 0 Å². The Morgan fingerprint density at radius 3 is 2.64 bits per heavy atom. The molecule has 2 atom stereocenters. The number of halogens is 2. The topological polar surface area (TPSA) is 87.9 Å². The van der Waals surface area contributed by atoms with Crippen LogP contribution >= 0.6 is 19.4 Å². The van der Waals surface area contributed by atoms with Crippen molar-refractivity contribution in [2.75, 3.05) is 6.61 Å². The lowest BCUT2D eigenvalue weighted by Crippen LogP contribution is -2.16. The van der Waals surface area contributed by atoms with Gasteiger partial charge in [-0.25, -0.2) is 8.96 Å². The maximum absolute atomic E-state index is 13.3. The van der Waals surface area contributed by atoms with Gasteiger partial charge in [0, 0.05) is 18.6 Å². The highest BCUT2D eigenvalue weighted by molar-refractivity contribution is 7.49. The van der Waals surface area contributed by atoms with Crippen molar-refractivity contribution in [2.45, 2.75) is 12.5 Å². The number of rotatable bonds is 4. The largest absolute Gasteiger partial charge is 0.530 e. The summed E-state index contributed by atoms with van der Waals surface area (Å²) < 4.78 is 41.7. The number of nitro benzene ring substituents is 1. The molecular weight excluding hydrogens is 376 g/mol. The first kappa shape index (κ1) is 17.8. The summed E-state index contributed by atoms with van der Waals surface area (Å²) in [5.41, 5.74) is 0.414.